The van der Waals surface area contributed by atoms with E-state index in [9.17, 15) is 17.6 Å². The first-order chi connectivity index (χ1) is 10.8. The Labute approximate surface area is 133 Å². The molecule has 8 heteroatoms. The highest BCUT2D eigenvalue weighted by atomic mass is 19.4. The standard InChI is InChI=1S/C15H21F4N3O/c1-3-20-14(21-9-8-15(17,18)19)22(2)10-11-23-13-7-5-4-6-12(13)16/h4-7H,3,8-11H2,1-2H3,(H,20,21). The van der Waals surface area contributed by atoms with Gasteiger partial charge in [-0.15, -0.1) is 0 Å². The number of nitrogens with one attached hydrogen (secondary N) is 1. The minimum atomic E-state index is -4.23. The van der Waals surface area contributed by atoms with E-state index in [0.29, 0.717) is 19.0 Å². The number of hydrogen-bond donors (Lipinski definition) is 1. The fourth-order valence-electron chi connectivity index (χ4n) is 1.72. The Balaban J connectivity index is 2.49. The topological polar surface area (TPSA) is 36.9 Å². The van der Waals surface area contributed by atoms with Crippen molar-refractivity contribution in [2.75, 3.05) is 33.3 Å². The lowest BCUT2D eigenvalue weighted by atomic mass is 10.3. The van der Waals surface area contributed by atoms with Crippen molar-refractivity contribution in [1.82, 2.24) is 10.2 Å². The quantitative estimate of drug-likeness (QED) is 0.473. The SMILES string of the molecule is CCNC(=NCCC(F)(F)F)N(C)CCOc1ccccc1F. The highest BCUT2D eigenvalue weighted by molar-refractivity contribution is 5.79. The summed E-state index contributed by atoms with van der Waals surface area (Å²) in [5.41, 5.74) is 0. The van der Waals surface area contributed by atoms with Crippen LogP contribution in [0.1, 0.15) is 13.3 Å². The van der Waals surface area contributed by atoms with E-state index in [2.05, 4.69) is 10.3 Å². The molecule has 0 unspecified atom stereocenters. The zero-order chi connectivity index (χ0) is 17.3. The zero-order valence-corrected chi connectivity index (χ0v) is 13.2. The molecule has 0 fully saturated rings. The van der Waals surface area contributed by atoms with E-state index in [0.717, 1.165) is 0 Å². The van der Waals surface area contributed by atoms with Gasteiger partial charge in [0, 0.05) is 13.6 Å². The normalized spacial score (nSPS) is 12.2. The van der Waals surface area contributed by atoms with E-state index in [-0.39, 0.29) is 18.9 Å². The summed E-state index contributed by atoms with van der Waals surface area (Å²) in [6.45, 7) is 2.55. The molecule has 0 amide bonds. The van der Waals surface area contributed by atoms with Crippen LogP contribution in [-0.4, -0.2) is 50.3 Å². The molecule has 1 aromatic rings. The first kappa shape index (κ1) is 19.1. The number of para-hydroxylation sites is 1. The van der Waals surface area contributed by atoms with Crippen molar-refractivity contribution in [2.24, 2.45) is 4.99 Å². The van der Waals surface area contributed by atoms with Gasteiger partial charge in [0.05, 0.1) is 19.5 Å². The summed E-state index contributed by atoms with van der Waals surface area (Å²) in [5.74, 6) is 0.0368. The Morgan fingerprint density at radius 3 is 2.61 bits per heavy atom. The van der Waals surface area contributed by atoms with E-state index in [1.807, 2.05) is 6.92 Å². The highest BCUT2D eigenvalue weighted by Gasteiger charge is 2.26. The number of nitrogens with zero attached hydrogens (tertiary/aromatic N) is 2. The number of aliphatic imine (C=N–C) groups is 1. The second-order valence-electron chi connectivity index (χ2n) is 4.80. The van der Waals surface area contributed by atoms with Gasteiger partial charge in [-0.25, -0.2) is 4.39 Å². The van der Waals surface area contributed by atoms with Crippen LogP contribution in [0.4, 0.5) is 17.6 Å². The van der Waals surface area contributed by atoms with Crippen LogP contribution in [0.5, 0.6) is 5.75 Å². The fraction of sp³-hybridized carbons (Fsp3) is 0.533. The summed E-state index contributed by atoms with van der Waals surface area (Å²) < 4.78 is 55.2. The van der Waals surface area contributed by atoms with Gasteiger partial charge in [-0.05, 0) is 19.1 Å². The summed E-state index contributed by atoms with van der Waals surface area (Å²) in [6.07, 6.45) is -5.20. The minimum absolute atomic E-state index is 0.139. The lowest BCUT2D eigenvalue weighted by molar-refractivity contribution is -0.132. The highest BCUT2D eigenvalue weighted by Crippen LogP contribution is 2.19. The molecule has 0 aliphatic rings. The van der Waals surface area contributed by atoms with Crippen LogP contribution in [-0.2, 0) is 0 Å². The third-order valence-electron chi connectivity index (χ3n) is 2.87. The van der Waals surface area contributed by atoms with Crippen LogP contribution in [0, 0.1) is 5.82 Å². The Kier molecular flexibility index (Phi) is 7.64. The monoisotopic (exact) mass is 335 g/mol. The van der Waals surface area contributed by atoms with Crippen molar-refractivity contribution in [3.8, 4) is 5.75 Å². The van der Waals surface area contributed by atoms with Crippen molar-refractivity contribution < 1.29 is 22.3 Å². The number of ether oxygens (including phenoxy) is 1. The first-order valence-corrected chi connectivity index (χ1v) is 7.27. The van der Waals surface area contributed by atoms with Crippen molar-refractivity contribution in [3.05, 3.63) is 30.1 Å². The van der Waals surface area contributed by atoms with Crippen LogP contribution >= 0.6 is 0 Å². The first-order valence-electron chi connectivity index (χ1n) is 7.27. The third-order valence-corrected chi connectivity index (χ3v) is 2.87. The van der Waals surface area contributed by atoms with Gasteiger partial charge in [0.15, 0.2) is 17.5 Å². The van der Waals surface area contributed by atoms with Crippen molar-refractivity contribution >= 4 is 5.96 Å². The third kappa shape index (κ3) is 7.71. The van der Waals surface area contributed by atoms with Crippen LogP contribution in [0.2, 0.25) is 0 Å². The molecule has 0 aliphatic carbocycles. The maximum absolute atomic E-state index is 13.4. The molecule has 1 rings (SSSR count). The lowest BCUT2D eigenvalue weighted by Crippen LogP contribution is -2.41. The smallest absolute Gasteiger partial charge is 0.390 e. The predicted octanol–water partition coefficient (Wildman–Crippen LogP) is 3.05. The number of benzene rings is 1. The van der Waals surface area contributed by atoms with Crippen LogP contribution in [0.15, 0.2) is 29.3 Å². The van der Waals surface area contributed by atoms with Gasteiger partial charge in [-0.2, -0.15) is 13.2 Å². The summed E-state index contributed by atoms with van der Waals surface area (Å²) in [6, 6.07) is 6.02. The summed E-state index contributed by atoms with van der Waals surface area (Å²) in [7, 11) is 1.68. The number of rotatable bonds is 7. The van der Waals surface area contributed by atoms with E-state index in [1.54, 1.807) is 24.1 Å². The molecule has 23 heavy (non-hydrogen) atoms. The van der Waals surface area contributed by atoms with Crippen molar-refractivity contribution in [1.29, 1.82) is 0 Å². The molecule has 0 spiro atoms. The Morgan fingerprint density at radius 1 is 1.30 bits per heavy atom. The molecule has 0 saturated carbocycles. The second kappa shape index (κ2) is 9.22. The molecule has 0 atom stereocenters. The van der Waals surface area contributed by atoms with Gasteiger partial charge in [-0.1, -0.05) is 12.1 Å². The lowest BCUT2D eigenvalue weighted by Gasteiger charge is -2.22. The van der Waals surface area contributed by atoms with Gasteiger partial charge in [-0.3, -0.25) is 4.99 Å². The largest absolute Gasteiger partial charge is 0.489 e. The molecule has 0 bridgehead atoms. The molecule has 1 N–H and O–H groups in total. The van der Waals surface area contributed by atoms with Gasteiger partial charge < -0.3 is 15.0 Å². The molecular weight excluding hydrogens is 314 g/mol. The number of hydrogen-bond acceptors (Lipinski definition) is 2. The molecule has 4 nitrogen and oxygen atoms in total. The minimum Gasteiger partial charge on any atom is -0.489 e. The zero-order valence-electron chi connectivity index (χ0n) is 13.2. The maximum Gasteiger partial charge on any atom is 0.390 e. The predicted molar refractivity (Wildman–Crippen MR) is 81.2 cm³/mol. The average molecular weight is 335 g/mol. The molecule has 130 valence electrons. The van der Waals surface area contributed by atoms with Crippen LogP contribution in [0.25, 0.3) is 0 Å². The van der Waals surface area contributed by atoms with Gasteiger partial charge >= 0.3 is 6.18 Å². The van der Waals surface area contributed by atoms with E-state index in [4.69, 9.17) is 4.74 Å². The van der Waals surface area contributed by atoms with Gasteiger partial charge in [0.2, 0.25) is 0 Å². The molecular formula is C15H21F4N3O. The van der Waals surface area contributed by atoms with E-state index < -0.39 is 18.4 Å². The van der Waals surface area contributed by atoms with Crippen LogP contribution in [0.3, 0.4) is 0 Å². The average Bonchev–Trinajstić information content (AvgIpc) is 2.47. The molecule has 0 radical (unpaired) electrons. The van der Waals surface area contributed by atoms with E-state index >= 15 is 0 Å². The molecule has 0 saturated heterocycles. The number of likely N-dealkylation sites (N-methyl/N-ethyl adjacent to an activating group) is 1. The molecule has 0 aliphatic heterocycles. The Hall–Kier alpha value is -1.99. The number of guanidine groups is 1. The fourth-order valence-corrected chi connectivity index (χ4v) is 1.72. The Bertz CT molecular complexity index is 506. The number of halogens is 4. The van der Waals surface area contributed by atoms with Crippen molar-refractivity contribution in [2.45, 2.75) is 19.5 Å². The van der Waals surface area contributed by atoms with Gasteiger partial charge in [0.25, 0.3) is 0 Å². The Morgan fingerprint density at radius 2 is 2.00 bits per heavy atom. The summed E-state index contributed by atoms with van der Waals surface area (Å²) in [5, 5.41) is 2.91. The van der Waals surface area contributed by atoms with Gasteiger partial charge in [0.1, 0.15) is 6.61 Å². The molecule has 1 aromatic carbocycles. The maximum atomic E-state index is 13.4. The van der Waals surface area contributed by atoms with E-state index in [1.165, 1.54) is 12.1 Å². The van der Waals surface area contributed by atoms with Crippen LogP contribution < -0.4 is 10.1 Å². The second-order valence-corrected chi connectivity index (χ2v) is 4.80. The number of alkyl halides is 3. The molecule has 0 heterocycles. The molecule has 0 aromatic heterocycles. The summed E-state index contributed by atoms with van der Waals surface area (Å²) >= 11 is 0. The van der Waals surface area contributed by atoms with Crippen molar-refractivity contribution in [3.63, 3.8) is 0 Å². The summed E-state index contributed by atoms with van der Waals surface area (Å²) in [4.78, 5) is 5.56.